The van der Waals surface area contributed by atoms with Crippen molar-refractivity contribution in [2.45, 2.75) is 180 Å². The van der Waals surface area contributed by atoms with Crippen molar-refractivity contribution in [3.8, 4) is 0 Å². The highest BCUT2D eigenvalue weighted by molar-refractivity contribution is 7.47. The van der Waals surface area contributed by atoms with Gasteiger partial charge in [-0.1, -0.05) is 152 Å². The Hall–Kier alpha value is -1.01. The molecule has 0 heterocycles. The highest BCUT2D eigenvalue weighted by atomic mass is 31.2. The second-order valence-corrected chi connectivity index (χ2v) is 14.8. The van der Waals surface area contributed by atoms with Gasteiger partial charge >= 0.3 is 7.82 Å². The maximum Gasteiger partial charge on any atom is 0.472 e. The Morgan fingerprint density at radius 3 is 1.36 bits per heavy atom. The minimum Gasteiger partial charge on any atom is -0.370 e. The normalized spacial score (nSPS) is 23.8. The molecule has 7 heteroatoms. The Balaban J connectivity index is 1.69. The standard InChI is InChI=1S/C38H67O6P/c1-5-7-9-11-13-15-19-27-37(29-21-17-22-30-37)41-33-25-35(3)43-45(39,40)44-36(4)26-34-42-38(31-23-18-24-32-38)28-20-16-14-12-10-8-6-2/h17-18,21-24,29,31,35-36H,5-16,19-20,25-28,30,32-34H2,1-4H3,(H,39,40). The van der Waals surface area contributed by atoms with Crippen LogP contribution in [0.15, 0.2) is 48.6 Å². The fourth-order valence-corrected chi connectivity index (χ4v) is 7.39. The molecule has 6 nitrogen and oxygen atoms in total. The minimum atomic E-state index is -4.21. The molecule has 0 aromatic heterocycles. The molecule has 0 bridgehead atoms. The summed E-state index contributed by atoms with van der Waals surface area (Å²) in [6, 6.07) is 0. The van der Waals surface area contributed by atoms with Crippen LogP contribution in [0, 0.1) is 0 Å². The van der Waals surface area contributed by atoms with Gasteiger partial charge in [-0.25, -0.2) is 4.57 Å². The van der Waals surface area contributed by atoms with E-state index in [4.69, 9.17) is 18.5 Å². The lowest BCUT2D eigenvalue weighted by molar-refractivity contribution is -0.0329. The largest absolute Gasteiger partial charge is 0.472 e. The van der Waals surface area contributed by atoms with Crippen LogP contribution in [0.5, 0.6) is 0 Å². The molecule has 260 valence electrons. The van der Waals surface area contributed by atoms with Gasteiger partial charge in [-0.05, 0) is 52.4 Å². The van der Waals surface area contributed by atoms with E-state index in [1.165, 1.54) is 77.0 Å². The van der Waals surface area contributed by atoms with Gasteiger partial charge in [-0.15, -0.1) is 0 Å². The van der Waals surface area contributed by atoms with Crippen LogP contribution >= 0.6 is 7.82 Å². The molecular weight excluding hydrogens is 583 g/mol. The number of allylic oxidation sites excluding steroid dienone is 4. The van der Waals surface area contributed by atoms with Crippen LogP contribution in [0.1, 0.15) is 156 Å². The third-order valence-electron chi connectivity index (χ3n) is 9.08. The van der Waals surface area contributed by atoms with Crippen molar-refractivity contribution in [3.05, 3.63) is 48.6 Å². The van der Waals surface area contributed by atoms with E-state index in [9.17, 15) is 9.46 Å². The van der Waals surface area contributed by atoms with Crippen LogP contribution in [-0.2, 0) is 23.1 Å². The summed E-state index contributed by atoms with van der Waals surface area (Å²) in [5.74, 6) is 0. The number of ether oxygens (including phenoxy) is 2. The lowest BCUT2D eigenvalue weighted by atomic mass is 9.89. The number of rotatable bonds is 28. The van der Waals surface area contributed by atoms with E-state index in [2.05, 4.69) is 62.5 Å². The lowest BCUT2D eigenvalue weighted by Gasteiger charge is -2.32. The maximum atomic E-state index is 12.8. The first-order valence-electron chi connectivity index (χ1n) is 18.4. The second-order valence-electron chi connectivity index (χ2n) is 13.4. The highest BCUT2D eigenvalue weighted by Crippen LogP contribution is 2.47. The van der Waals surface area contributed by atoms with Crippen molar-refractivity contribution >= 4 is 7.82 Å². The average Bonchev–Trinajstić information content (AvgIpc) is 3.00. The van der Waals surface area contributed by atoms with Crippen LogP contribution in [0.3, 0.4) is 0 Å². The lowest BCUT2D eigenvalue weighted by Crippen LogP contribution is -2.32. The topological polar surface area (TPSA) is 74.2 Å². The average molecular weight is 651 g/mol. The fraction of sp³-hybridized carbons (Fsp3) is 0.789. The molecular formula is C38H67O6P. The van der Waals surface area contributed by atoms with Crippen LogP contribution in [0.25, 0.3) is 0 Å². The Labute approximate surface area is 276 Å². The molecule has 0 aromatic carbocycles. The second kappa shape index (κ2) is 23.3. The number of hydrogen-bond donors (Lipinski definition) is 1. The molecule has 4 atom stereocenters. The summed E-state index contributed by atoms with van der Waals surface area (Å²) in [5.41, 5.74) is -0.581. The summed E-state index contributed by atoms with van der Waals surface area (Å²) < 4.78 is 36.6. The smallest absolute Gasteiger partial charge is 0.370 e. The summed E-state index contributed by atoms with van der Waals surface area (Å²) in [7, 11) is -4.21. The van der Waals surface area contributed by atoms with Gasteiger partial charge in [0.1, 0.15) is 0 Å². The molecule has 2 aliphatic rings. The van der Waals surface area contributed by atoms with Gasteiger partial charge < -0.3 is 14.4 Å². The minimum absolute atomic E-state index is 0.291. The van der Waals surface area contributed by atoms with Crippen LogP contribution in [0.2, 0.25) is 0 Å². The summed E-state index contributed by atoms with van der Waals surface area (Å²) in [4.78, 5) is 10.5. The zero-order chi connectivity index (χ0) is 32.7. The third-order valence-corrected chi connectivity index (χ3v) is 10.3. The van der Waals surface area contributed by atoms with E-state index in [0.717, 1.165) is 38.5 Å². The highest BCUT2D eigenvalue weighted by Gasteiger charge is 2.31. The molecule has 0 spiro atoms. The fourth-order valence-electron chi connectivity index (χ4n) is 6.22. The van der Waals surface area contributed by atoms with E-state index in [0.29, 0.717) is 26.1 Å². The Morgan fingerprint density at radius 2 is 1.00 bits per heavy atom. The predicted molar refractivity (Wildman–Crippen MR) is 189 cm³/mol. The Kier molecular flexibility index (Phi) is 20.8. The van der Waals surface area contributed by atoms with Crippen LogP contribution in [0.4, 0.5) is 0 Å². The van der Waals surface area contributed by atoms with Gasteiger partial charge in [-0.3, -0.25) is 9.05 Å². The van der Waals surface area contributed by atoms with Crippen molar-refractivity contribution in [2.75, 3.05) is 13.2 Å². The molecule has 4 unspecified atom stereocenters. The molecule has 0 aromatic rings. The molecule has 0 saturated carbocycles. The Bertz CT molecular complexity index is 859. The van der Waals surface area contributed by atoms with Gasteiger partial charge in [0.15, 0.2) is 0 Å². The van der Waals surface area contributed by atoms with Crippen LogP contribution in [-0.4, -0.2) is 41.5 Å². The zero-order valence-electron chi connectivity index (χ0n) is 29.3. The monoisotopic (exact) mass is 650 g/mol. The SMILES string of the molecule is CCCCCCCCCC1(OCCC(C)OP(=O)(O)OC(C)CCOC2(CCCCCCCCC)C=CC=CC2)C=CC=CC1. The van der Waals surface area contributed by atoms with E-state index >= 15 is 0 Å². The zero-order valence-corrected chi connectivity index (χ0v) is 30.2. The maximum absolute atomic E-state index is 12.8. The van der Waals surface area contributed by atoms with Gasteiger partial charge in [-0.2, -0.15) is 0 Å². The third kappa shape index (κ3) is 18.2. The first-order valence-corrected chi connectivity index (χ1v) is 19.9. The van der Waals surface area contributed by atoms with E-state index in [-0.39, 0.29) is 11.2 Å². The van der Waals surface area contributed by atoms with Crippen molar-refractivity contribution in [2.24, 2.45) is 0 Å². The molecule has 0 amide bonds. The summed E-state index contributed by atoms with van der Waals surface area (Å²) >= 11 is 0. The van der Waals surface area contributed by atoms with Crippen molar-refractivity contribution in [1.82, 2.24) is 0 Å². The molecule has 0 aliphatic heterocycles. The van der Waals surface area contributed by atoms with Crippen molar-refractivity contribution < 1.29 is 28.0 Å². The molecule has 45 heavy (non-hydrogen) atoms. The quantitative estimate of drug-likeness (QED) is 0.0671. The first-order chi connectivity index (χ1) is 21.7. The van der Waals surface area contributed by atoms with Gasteiger partial charge in [0, 0.05) is 0 Å². The summed E-state index contributed by atoms with van der Waals surface area (Å²) in [6.07, 6.45) is 38.6. The molecule has 2 aliphatic carbocycles. The number of hydrogen-bond acceptors (Lipinski definition) is 5. The first kappa shape index (κ1) is 40.2. The molecule has 0 saturated heterocycles. The van der Waals surface area contributed by atoms with Crippen molar-refractivity contribution in [3.63, 3.8) is 0 Å². The molecule has 2 rings (SSSR count). The Morgan fingerprint density at radius 1 is 0.622 bits per heavy atom. The number of unbranched alkanes of at least 4 members (excludes halogenated alkanes) is 12. The molecule has 0 fully saturated rings. The van der Waals surface area contributed by atoms with Gasteiger partial charge in [0.05, 0.1) is 36.6 Å². The molecule has 1 N–H and O–H groups in total. The van der Waals surface area contributed by atoms with Gasteiger partial charge in [0.2, 0.25) is 0 Å². The van der Waals surface area contributed by atoms with Gasteiger partial charge in [0.25, 0.3) is 0 Å². The van der Waals surface area contributed by atoms with E-state index in [1.807, 2.05) is 0 Å². The predicted octanol–water partition coefficient (Wildman–Crippen LogP) is 11.5. The van der Waals surface area contributed by atoms with Crippen LogP contribution < -0.4 is 0 Å². The summed E-state index contributed by atoms with van der Waals surface area (Å²) in [5, 5.41) is 0. The number of phosphoric ester groups is 1. The van der Waals surface area contributed by atoms with E-state index in [1.54, 1.807) is 13.8 Å². The van der Waals surface area contributed by atoms with E-state index < -0.39 is 20.0 Å². The number of phosphoric acid groups is 1. The summed E-state index contributed by atoms with van der Waals surface area (Å²) in [6.45, 7) is 9.03. The van der Waals surface area contributed by atoms with Crippen molar-refractivity contribution in [1.29, 1.82) is 0 Å². The molecule has 0 radical (unpaired) electrons.